The van der Waals surface area contributed by atoms with Crippen LogP contribution >= 0.6 is 22.6 Å². The summed E-state index contributed by atoms with van der Waals surface area (Å²) in [6.45, 7) is 5.39. The Bertz CT molecular complexity index is 279. The molecule has 86 valence electrons. The minimum atomic E-state index is -0.664. The molecule has 0 radical (unpaired) electrons. The summed E-state index contributed by atoms with van der Waals surface area (Å²) in [6.07, 6.45) is 1.90. The number of carbonyl (C=O) groups excluding carboxylic acids is 2. The summed E-state index contributed by atoms with van der Waals surface area (Å²) >= 11 is 1.73. The first kappa shape index (κ1) is 12.7. The topological polar surface area (TPSA) is 55.4 Å². The minimum absolute atomic E-state index is 0.0165. The molecule has 0 aromatic heterocycles. The fourth-order valence-corrected chi connectivity index (χ4v) is 2.07. The lowest BCUT2D eigenvalue weighted by Gasteiger charge is -2.39. The van der Waals surface area contributed by atoms with Crippen molar-refractivity contribution in [3.05, 3.63) is 0 Å². The van der Waals surface area contributed by atoms with Gasteiger partial charge in [-0.05, 0) is 40.0 Å². The van der Waals surface area contributed by atoms with E-state index in [1.54, 1.807) is 43.4 Å². The lowest BCUT2D eigenvalue weighted by Crippen LogP contribution is -2.58. The molecule has 0 bridgehead atoms. The maximum atomic E-state index is 11.5. The van der Waals surface area contributed by atoms with Gasteiger partial charge in [0.15, 0.2) is 0 Å². The summed E-state index contributed by atoms with van der Waals surface area (Å²) < 4.78 is 5.10. The third-order valence-electron chi connectivity index (χ3n) is 2.32. The molecule has 0 aromatic carbocycles. The van der Waals surface area contributed by atoms with Crippen LogP contribution < -0.4 is 5.32 Å². The highest BCUT2D eigenvalue weighted by Crippen LogP contribution is 2.34. The van der Waals surface area contributed by atoms with E-state index in [9.17, 15) is 9.59 Å². The van der Waals surface area contributed by atoms with E-state index >= 15 is 0 Å². The molecule has 1 aliphatic rings. The predicted molar refractivity (Wildman–Crippen MR) is 65.0 cm³/mol. The SMILES string of the molecule is CC(C)(C)OC(=O)NC1(C(=O)I)CCC1. The monoisotopic (exact) mass is 325 g/mol. The normalized spacial score (nSPS) is 18.9. The fraction of sp³-hybridized carbons (Fsp3) is 0.800. The van der Waals surface area contributed by atoms with Gasteiger partial charge >= 0.3 is 6.09 Å². The van der Waals surface area contributed by atoms with Crippen LogP contribution in [0.4, 0.5) is 4.79 Å². The number of nitrogens with one attached hydrogen (secondary N) is 1. The molecule has 4 nitrogen and oxygen atoms in total. The second-order valence-corrected chi connectivity index (χ2v) is 5.82. The molecule has 15 heavy (non-hydrogen) atoms. The highest BCUT2D eigenvalue weighted by Gasteiger charge is 2.44. The first-order valence-electron chi connectivity index (χ1n) is 4.96. The Morgan fingerprint density at radius 1 is 1.33 bits per heavy atom. The molecule has 0 heterocycles. The Labute approximate surface area is 103 Å². The van der Waals surface area contributed by atoms with Crippen LogP contribution in [0, 0.1) is 0 Å². The van der Waals surface area contributed by atoms with Gasteiger partial charge in [-0.15, -0.1) is 0 Å². The van der Waals surface area contributed by atoms with Crippen molar-refractivity contribution in [1.29, 1.82) is 0 Å². The van der Waals surface area contributed by atoms with Crippen molar-refractivity contribution in [1.82, 2.24) is 5.32 Å². The Kier molecular flexibility index (Phi) is 3.63. The molecule has 0 atom stereocenters. The fourth-order valence-electron chi connectivity index (χ4n) is 1.40. The molecule has 0 saturated heterocycles. The first-order chi connectivity index (χ1) is 6.75. The van der Waals surface area contributed by atoms with Crippen LogP contribution in [0.1, 0.15) is 40.0 Å². The van der Waals surface area contributed by atoms with E-state index in [0.29, 0.717) is 12.8 Å². The van der Waals surface area contributed by atoms with Crippen LogP contribution in [0.2, 0.25) is 0 Å². The number of hydrogen-bond donors (Lipinski definition) is 1. The molecular formula is C10H16INO3. The molecule has 0 unspecified atom stereocenters. The number of alkyl carbamates (subject to hydrolysis) is 1. The average Bonchev–Trinajstić information content (AvgIpc) is 1.92. The number of carbonyl (C=O) groups is 2. The van der Waals surface area contributed by atoms with Crippen LogP contribution in [0.25, 0.3) is 0 Å². The Balaban J connectivity index is 2.54. The van der Waals surface area contributed by atoms with Crippen LogP contribution in [0.5, 0.6) is 0 Å². The summed E-state index contributed by atoms with van der Waals surface area (Å²) in [5.74, 6) is 0. The van der Waals surface area contributed by atoms with Crippen LogP contribution in [0.3, 0.4) is 0 Å². The molecule has 1 rings (SSSR count). The smallest absolute Gasteiger partial charge is 0.408 e. The second-order valence-electron chi connectivity index (χ2n) is 4.84. The van der Waals surface area contributed by atoms with E-state index in [0.717, 1.165) is 6.42 Å². The van der Waals surface area contributed by atoms with Gasteiger partial charge in [0, 0.05) is 22.6 Å². The third-order valence-corrected chi connectivity index (χ3v) is 3.36. The molecule has 0 spiro atoms. The van der Waals surface area contributed by atoms with Gasteiger partial charge in [0.05, 0.1) is 0 Å². The molecule has 1 saturated carbocycles. The molecule has 0 aromatic rings. The van der Waals surface area contributed by atoms with Crippen molar-refractivity contribution in [2.24, 2.45) is 0 Å². The van der Waals surface area contributed by atoms with Crippen molar-refractivity contribution in [3.63, 3.8) is 0 Å². The van der Waals surface area contributed by atoms with Gasteiger partial charge in [-0.25, -0.2) is 4.79 Å². The zero-order valence-electron chi connectivity index (χ0n) is 9.22. The van der Waals surface area contributed by atoms with Crippen molar-refractivity contribution < 1.29 is 14.3 Å². The van der Waals surface area contributed by atoms with Crippen molar-refractivity contribution in [2.75, 3.05) is 0 Å². The lowest BCUT2D eigenvalue weighted by molar-refractivity contribution is -0.118. The van der Waals surface area contributed by atoms with Crippen molar-refractivity contribution in [2.45, 2.75) is 51.2 Å². The zero-order chi connectivity index (χ0) is 11.7. The highest BCUT2D eigenvalue weighted by atomic mass is 127. The van der Waals surface area contributed by atoms with Gasteiger partial charge in [-0.1, -0.05) is 0 Å². The first-order valence-corrected chi connectivity index (χ1v) is 6.04. The van der Waals surface area contributed by atoms with E-state index < -0.39 is 17.2 Å². The van der Waals surface area contributed by atoms with Crippen LogP contribution in [0.15, 0.2) is 0 Å². The molecule has 1 N–H and O–H groups in total. The standard InChI is InChI=1S/C10H16INO3/c1-9(2,3)15-8(14)12-10(7(11)13)5-4-6-10/h4-6H2,1-3H3,(H,12,14). The Morgan fingerprint density at radius 3 is 2.13 bits per heavy atom. The number of hydrogen-bond acceptors (Lipinski definition) is 3. The summed E-state index contributed by atoms with van der Waals surface area (Å²) in [4.78, 5) is 22.8. The molecule has 1 amide bonds. The largest absolute Gasteiger partial charge is 0.444 e. The van der Waals surface area contributed by atoms with Gasteiger partial charge in [-0.2, -0.15) is 0 Å². The third kappa shape index (κ3) is 3.32. The van der Waals surface area contributed by atoms with Gasteiger partial charge in [0.1, 0.15) is 11.1 Å². The lowest BCUT2D eigenvalue weighted by atomic mass is 9.78. The Morgan fingerprint density at radius 2 is 1.87 bits per heavy atom. The van der Waals surface area contributed by atoms with Gasteiger partial charge in [0.25, 0.3) is 0 Å². The van der Waals surface area contributed by atoms with Crippen LogP contribution in [-0.2, 0) is 9.53 Å². The zero-order valence-corrected chi connectivity index (χ0v) is 11.4. The summed E-state index contributed by atoms with van der Waals surface area (Å²) in [5, 5.41) is 2.67. The molecule has 0 aliphatic heterocycles. The van der Waals surface area contributed by atoms with E-state index in [4.69, 9.17) is 4.74 Å². The molecule has 1 aliphatic carbocycles. The molecule has 5 heteroatoms. The highest BCUT2D eigenvalue weighted by molar-refractivity contribution is 14.1. The van der Waals surface area contributed by atoms with Gasteiger partial charge < -0.3 is 10.1 Å². The Hall–Kier alpha value is -0.330. The predicted octanol–water partition coefficient (Wildman–Crippen LogP) is 2.40. The molecular weight excluding hydrogens is 309 g/mol. The minimum Gasteiger partial charge on any atom is -0.444 e. The second kappa shape index (κ2) is 4.27. The summed E-state index contributed by atoms with van der Waals surface area (Å²) in [6, 6.07) is 0. The maximum absolute atomic E-state index is 11.5. The van der Waals surface area contributed by atoms with Gasteiger partial charge in [0.2, 0.25) is 3.79 Å². The quantitative estimate of drug-likeness (QED) is 0.626. The van der Waals surface area contributed by atoms with Gasteiger partial charge in [-0.3, -0.25) is 4.79 Å². The molecule has 1 fully saturated rings. The van der Waals surface area contributed by atoms with E-state index in [1.165, 1.54) is 0 Å². The summed E-state index contributed by atoms with van der Waals surface area (Å²) in [5.41, 5.74) is -1.19. The number of halogens is 1. The van der Waals surface area contributed by atoms with E-state index in [1.807, 2.05) is 0 Å². The maximum Gasteiger partial charge on any atom is 0.408 e. The van der Waals surface area contributed by atoms with Crippen molar-refractivity contribution in [3.8, 4) is 0 Å². The average molecular weight is 325 g/mol. The van der Waals surface area contributed by atoms with E-state index in [2.05, 4.69) is 5.32 Å². The van der Waals surface area contributed by atoms with E-state index in [-0.39, 0.29) is 3.79 Å². The number of rotatable bonds is 2. The van der Waals surface area contributed by atoms with Crippen LogP contribution in [-0.4, -0.2) is 21.0 Å². The van der Waals surface area contributed by atoms with Crippen molar-refractivity contribution >= 4 is 32.5 Å². The summed E-state index contributed by atoms with van der Waals surface area (Å²) in [7, 11) is 0. The number of amides is 1. The number of ether oxygens (including phenoxy) is 1.